The first-order chi connectivity index (χ1) is 5.83. The fourth-order valence-corrected chi connectivity index (χ4v) is 2.82. The van der Waals surface area contributed by atoms with E-state index >= 15 is 0 Å². The van der Waals surface area contributed by atoms with Crippen LogP contribution in [0.2, 0.25) is 4.82 Å². The molecular weight excluding hydrogens is 211 g/mol. The van der Waals surface area contributed by atoms with Gasteiger partial charge in [-0.2, -0.15) is 0 Å². The van der Waals surface area contributed by atoms with E-state index in [0.717, 1.165) is 0 Å². The molecule has 0 saturated carbocycles. The molecule has 1 atom stereocenters. The summed E-state index contributed by atoms with van der Waals surface area (Å²) in [6, 6.07) is 10.6. The molecule has 1 unspecified atom stereocenters. The molecule has 0 N–H and O–H groups in total. The second kappa shape index (κ2) is 5.04. The van der Waals surface area contributed by atoms with Crippen LogP contribution in [0.1, 0.15) is 13.8 Å². The van der Waals surface area contributed by atoms with Crippen LogP contribution >= 0.6 is 0 Å². The summed E-state index contributed by atoms with van der Waals surface area (Å²) < 4.78 is 1.43. The molecule has 0 fully saturated rings. The Morgan fingerprint density at radius 1 is 1.25 bits per heavy atom. The summed E-state index contributed by atoms with van der Waals surface area (Å²) in [6.07, 6.45) is 0. The molecule has 1 rings (SSSR count). The molecule has 0 bridgehead atoms. The molecular formula is C11H12Se. The number of hydrogen-bond acceptors (Lipinski definition) is 0. The van der Waals surface area contributed by atoms with E-state index in [0.29, 0.717) is 19.8 Å². The van der Waals surface area contributed by atoms with Gasteiger partial charge in [0.05, 0.1) is 0 Å². The summed E-state index contributed by atoms with van der Waals surface area (Å²) in [7, 11) is 0. The van der Waals surface area contributed by atoms with Crippen molar-refractivity contribution in [2.45, 2.75) is 18.7 Å². The topological polar surface area (TPSA) is 0 Å². The van der Waals surface area contributed by atoms with Gasteiger partial charge in [0.2, 0.25) is 0 Å². The first kappa shape index (κ1) is 9.39. The third kappa shape index (κ3) is 3.13. The first-order valence-corrected chi connectivity index (χ1v) is 5.81. The Kier molecular flexibility index (Phi) is 3.94. The van der Waals surface area contributed by atoms with Gasteiger partial charge in [-0.15, -0.1) is 0 Å². The molecule has 0 nitrogen and oxygen atoms in total. The molecule has 12 heavy (non-hydrogen) atoms. The van der Waals surface area contributed by atoms with Crippen molar-refractivity contribution in [3.05, 3.63) is 30.3 Å². The summed E-state index contributed by atoms with van der Waals surface area (Å²) in [5.41, 5.74) is 0. The average molecular weight is 223 g/mol. The third-order valence-electron chi connectivity index (χ3n) is 1.40. The van der Waals surface area contributed by atoms with E-state index in [1.807, 2.05) is 6.92 Å². The zero-order chi connectivity index (χ0) is 8.81. The maximum atomic E-state index is 3.17. The summed E-state index contributed by atoms with van der Waals surface area (Å²) in [5, 5.41) is 0. The number of benzene rings is 1. The van der Waals surface area contributed by atoms with Gasteiger partial charge in [0, 0.05) is 0 Å². The fourth-order valence-electron chi connectivity index (χ4n) is 0.936. The number of hydrogen-bond donors (Lipinski definition) is 0. The Balaban J connectivity index is 2.56. The molecule has 0 aliphatic heterocycles. The fraction of sp³-hybridized carbons (Fsp3) is 0.273. The van der Waals surface area contributed by atoms with Crippen LogP contribution in [-0.2, 0) is 0 Å². The Hall–Kier alpha value is -0.701. The average Bonchev–Trinajstić information content (AvgIpc) is 2.06. The van der Waals surface area contributed by atoms with E-state index in [1.54, 1.807) is 0 Å². The predicted molar refractivity (Wildman–Crippen MR) is 54.7 cm³/mol. The normalized spacial score (nSPS) is 11.5. The Bertz CT molecular complexity index is 279. The van der Waals surface area contributed by atoms with Crippen LogP contribution < -0.4 is 4.46 Å². The van der Waals surface area contributed by atoms with Crippen LogP contribution in [0.25, 0.3) is 0 Å². The quantitative estimate of drug-likeness (QED) is 0.530. The molecule has 0 saturated heterocycles. The molecule has 0 radical (unpaired) electrons. The van der Waals surface area contributed by atoms with E-state index in [9.17, 15) is 0 Å². The minimum atomic E-state index is 0.504. The molecule has 1 heteroatoms. The van der Waals surface area contributed by atoms with E-state index in [-0.39, 0.29) is 0 Å². The van der Waals surface area contributed by atoms with Crippen LogP contribution in [0.4, 0.5) is 0 Å². The molecule has 1 aromatic rings. The predicted octanol–water partition coefficient (Wildman–Crippen LogP) is 1.85. The molecule has 0 heterocycles. The van der Waals surface area contributed by atoms with Crippen molar-refractivity contribution in [2.75, 3.05) is 0 Å². The Morgan fingerprint density at radius 3 is 2.50 bits per heavy atom. The summed E-state index contributed by atoms with van der Waals surface area (Å²) in [5.74, 6) is 6.13. The van der Waals surface area contributed by atoms with Gasteiger partial charge in [-0.1, -0.05) is 0 Å². The second-order valence-corrected chi connectivity index (χ2v) is 5.43. The minimum absolute atomic E-state index is 0.504. The Labute approximate surface area is 80.5 Å². The van der Waals surface area contributed by atoms with Gasteiger partial charge in [0.25, 0.3) is 0 Å². The van der Waals surface area contributed by atoms with E-state index in [2.05, 4.69) is 49.1 Å². The van der Waals surface area contributed by atoms with E-state index < -0.39 is 0 Å². The van der Waals surface area contributed by atoms with Gasteiger partial charge in [-0.05, 0) is 0 Å². The SMILES string of the molecule is CC#CC(C)[Se]c1ccccc1. The van der Waals surface area contributed by atoms with Gasteiger partial charge in [0.1, 0.15) is 0 Å². The summed E-state index contributed by atoms with van der Waals surface area (Å²) >= 11 is 0.504. The van der Waals surface area contributed by atoms with Gasteiger partial charge < -0.3 is 0 Å². The summed E-state index contributed by atoms with van der Waals surface area (Å²) in [6.45, 7) is 4.08. The van der Waals surface area contributed by atoms with Crippen LogP contribution in [0.3, 0.4) is 0 Å². The van der Waals surface area contributed by atoms with Gasteiger partial charge >= 0.3 is 80.3 Å². The van der Waals surface area contributed by atoms with Crippen molar-refractivity contribution in [3.63, 3.8) is 0 Å². The maximum absolute atomic E-state index is 3.17. The van der Waals surface area contributed by atoms with Gasteiger partial charge in [-0.25, -0.2) is 0 Å². The van der Waals surface area contributed by atoms with Gasteiger partial charge in [0.15, 0.2) is 0 Å². The molecule has 1 aromatic carbocycles. The second-order valence-electron chi connectivity index (χ2n) is 2.47. The molecule has 0 spiro atoms. The zero-order valence-electron chi connectivity index (χ0n) is 7.37. The van der Waals surface area contributed by atoms with Crippen LogP contribution in [0.15, 0.2) is 30.3 Å². The molecule has 0 aliphatic carbocycles. The van der Waals surface area contributed by atoms with Crippen molar-refractivity contribution < 1.29 is 0 Å². The molecule has 0 aliphatic rings. The van der Waals surface area contributed by atoms with Crippen LogP contribution in [0.5, 0.6) is 0 Å². The van der Waals surface area contributed by atoms with E-state index in [4.69, 9.17) is 0 Å². The van der Waals surface area contributed by atoms with Crippen molar-refractivity contribution in [1.82, 2.24) is 0 Å². The first-order valence-electron chi connectivity index (χ1n) is 3.97. The van der Waals surface area contributed by atoms with Crippen LogP contribution in [0, 0.1) is 11.8 Å². The molecule has 0 aromatic heterocycles. The zero-order valence-corrected chi connectivity index (χ0v) is 9.09. The monoisotopic (exact) mass is 224 g/mol. The number of rotatable bonds is 2. The summed E-state index contributed by atoms with van der Waals surface area (Å²) in [4.78, 5) is 0.532. The van der Waals surface area contributed by atoms with Gasteiger partial charge in [-0.3, -0.25) is 0 Å². The van der Waals surface area contributed by atoms with E-state index in [1.165, 1.54) is 4.46 Å². The molecule has 0 amide bonds. The molecule has 62 valence electrons. The van der Waals surface area contributed by atoms with Crippen molar-refractivity contribution in [3.8, 4) is 11.8 Å². The van der Waals surface area contributed by atoms with Crippen molar-refractivity contribution in [1.29, 1.82) is 0 Å². The Morgan fingerprint density at radius 2 is 1.92 bits per heavy atom. The van der Waals surface area contributed by atoms with Crippen molar-refractivity contribution >= 4 is 19.4 Å². The standard InChI is InChI=1S/C11H12Se/c1-3-7-10(2)12-11-8-5-4-6-9-11/h4-6,8-10H,1-2H3. The van der Waals surface area contributed by atoms with Crippen LogP contribution in [-0.4, -0.2) is 15.0 Å². The third-order valence-corrected chi connectivity index (χ3v) is 3.53. The van der Waals surface area contributed by atoms with Crippen molar-refractivity contribution in [2.24, 2.45) is 0 Å².